The summed E-state index contributed by atoms with van der Waals surface area (Å²) < 4.78 is 16.9. The average Bonchev–Trinajstić information content (AvgIpc) is 2.93. The summed E-state index contributed by atoms with van der Waals surface area (Å²) in [5.41, 5.74) is 4.70. The second-order valence-electron chi connectivity index (χ2n) is 9.71. The highest BCUT2D eigenvalue weighted by molar-refractivity contribution is 5.86. The molecule has 1 heterocycles. The van der Waals surface area contributed by atoms with Crippen molar-refractivity contribution in [3.63, 3.8) is 0 Å². The van der Waals surface area contributed by atoms with Gasteiger partial charge in [0.1, 0.15) is 17.6 Å². The van der Waals surface area contributed by atoms with Crippen LogP contribution in [0, 0.1) is 6.92 Å². The van der Waals surface area contributed by atoms with Crippen molar-refractivity contribution < 1.29 is 19.0 Å². The molecule has 1 unspecified atom stereocenters. The van der Waals surface area contributed by atoms with Crippen LogP contribution in [0.2, 0.25) is 0 Å². The molecule has 0 radical (unpaired) electrons. The number of hydrogen-bond acceptors (Lipinski definition) is 5. The number of rotatable bonds is 8. The van der Waals surface area contributed by atoms with Gasteiger partial charge in [0.05, 0.1) is 7.11 Å². The maximum Gasteiger partial charge on any atom is 0.343 e. The Morgan fingerprint density at radius 3 is 2.68 bits per heavy atom. The first kappa shape index (κ1) is 24.8. The third kappa shape index (κ3) is 5.62. The highest BCUT2D eigenvalue weighted by atomic mass is 16.6. The van der Waals surface area contributed by atoms with E-state index in [1.807, 2.05) is 31.2 Å². The van der Waals surface area contributed by atoms with Crippen LogP contribution in [0.15, 0.2) is 84.9 Å². The quantitative estimate of drug-likeness (QED) is 0.289. The molecular weight excluding hydrogens is 462 g/mol. The van der Waals surface area contributed by atoms with E-state index < -0.39 is 5.97 Å². The van der Waals surface area contributed by atoms with Crippen LogP contribution in [0.5, 0.6) is 11.5 Å². The van der Waals surface area contributed by atoms with Crippen molar-refractivity contribution in [2.24, 2.45) is 0 Å². The fourth-order valence-corrected chi connectivity index (χ4v) is 5.24. The lowest BCUT2D eigenvalue weighted by atomic mass is 9.83. The fourth-order valence-electron chi connectivity index (χ4n) is 5.24. The van der Waals surface area contributed by atoms with Crippen LogP contribution in [0.3, 0.4) is 0 Å². The van der Waals surface area contributed by atoms with Gasteiger partial charge in [0, 0.05) is 24.1 Å². The summed E-state index contributed by atoms with van der Waals surface area (Å²) in [6.45, 7) is 4.88. The number of hydrogen-bond donors (Lipinski definition) is 1. The van der Waals surface area contributed by atoms with Crippen LogP contribution in [0.25, 0.3) is 10.8 Å². The van der Waals surface area contributed by atoms with E-state index in [4.69, 9.17) is 14.2 Å². The molecule has 4 aromatic carbocycles. The minimum Gasteiger partial charge on any atom is -0.489 e. The number of methoxy groups -OCH3 is 1. The van der Waals surface area contributed by atoms with E-state index in [0.29, 0.717) is 5.75 Å². The fraction of sp³-hybridized carbons (Fsp3) is 0.281. The van der Waals surface area contributed by atoms with Gasteiger partial charge in [0.15, 0.2) is 6.61 Å². The smallest absolute Gasteiger partial charge is 0.343 e. The first-order valence-corrected chi connectivity index (χ1v) is 12.8. The molecule has 0 fully saturated rings. The van der Waals surface area contributed by atoms with Gasteiger partial charge < -0.3 is 19.5 Å². The van der Waals surface area contributed by atoms with Gasteiger partial charge in [-0.2, -0.15) is 0 Å². The van der Waals surface area contributed by atoms with Crippen LogP contribution in [-0.2, 0) is 9.53 Å². The van der Waals surface area contributed by atoms with E-state index in [-0.39, 0.29) is 24.7 Å². The number of benzene rings is 4. The van der Waals surface area contributed by atoms with Gasteiger partial charge in [-0.25, -0.2) is 4.79 Å². The predicted molar refractivity (Wildman–Crippen MR) is 146 cm³/mol. The summed E-state index contributed by atoms with van der Waals surface area (Å²) >= 11 is 0. The van der Waals surface area contributed by atoms with Crippen molar-refractivity contribution in [2.75, 3.05) is 20.3 Å². The molecule has 1 aliphatic rings. The summed E-state index contributed by atoms with van der Waals surface area (Å²) in [5, 5.41) is 6.25. The Bertz CT molecular complexity index is 1390. The number of fused-ring (bicyclic) bond motifs is 2. The molecule has 0 bridgehead atoms. The van der Waals surface area contributed by atoms with Gasteiger partial charge in [-0.1, -0.05) is 66.7 Å². The van der Waals surface area contributed by atoms with Crippen molar-refractivity contribution >= 4 is 16.7 Å². The lowest BCUT2D eigenvalue weighted by Gasteiger charge is -2.33. The Balaban J connectivity index is 1.36. The molecule has 0 spiro atoms. The molecule has 4 aromatic rings. The summed E-state index contributed by atoms with van der Waals surface area (Å²) in [6, 6.07) is 29.6. The zero-order valence-electron chi connectivity index (χ0n) is 21.6. The predicted octanol–water partition coefficient (Wildman–Crippen LogP) is 6.33. The van der Waals surface area contributed by atoms with E-state index in [2.05, 4.69) is 72.9 Å². The lowest BCUT2D eigenvalue weighted by molar-refractivity contribution is -0.142. The third-order valence-electron chi connectivity index (χ3n) is 7.09. The van der Waals surface area contributed by atoms with Gasteiger partial charge in [0.2, 0.25) is 0 Å². The molecular formula is C32H33NO4. The average molecular weight is 496 g/mol. The Kier molecular flexibility index (Phi) is 7.42. The van der Waals surface area contributed by atoms with E-state index >= 15 is 0 Å². The Morgan fingerprint density at radius 2 is 1.81 bits per heavy atom. The van der Waals surface area contributed by atoms with Crippen molar-refractivity contribution in [3.05, 3.63) is 107 Å². The molecule has 0 saturated heterocycles. The summed E-state index contributed by atoms with van der Waals surface area (Å²) in [4.78, 5) is 11.6. The maximum absolute atomic E-state index is 11.6. The summed E-state index contributed by atoms with van der Waals surface area (Å²) in [7, 11) is 1.36. The van der Waals surface area contributed by atoms with Gasteiger partial charge in [-0.3, -0.25) is 0 Å². The van der Waals surface area contributed by atoms with Gasteiger partial charge >= 0.3 is 5.97 Å². The molecule has 5 heteroatoms. The molecule has 0 aromatic heterocycles. The van der Waals surface area contributed by atoms with Gasteiger partial charge in [-0.15, -0.1) is 0 Å². The molecule has 0 aliphatic carbocycles. The molecule has 1 N–H and O–H groups in total. The van der Waals surface area contributed by atoms with E-state index in [1.165, 1.54) is 29.0 Å². The normalized spacial score (nSPS) is 17.5. The summed E-state index contributed by atoms with van der Waals surface area (Å²) in [5.74, 6) is 1.35. The van der Waals surface area contributed by atoms with Crippen molar-refractivity contribution in [3.8, 4) is 11.5 Å². The standard InChI is InChI=1S/C32H33NO4/c1-21-15-24(17-25(16-21)36-20-32(34)35-3)30-18-26(37-31-14-7-6-12-29(30)31)19-33-22(2)27-13-8-10-23-9-4-5-11-28(23)27/h4-17,22,26,30,33H,18-20H2,1-3H3/t22?,26-,30+/m1/s1. The number of esters is 1. The molecule has 5 rings (SSSR count). The molecule has 1 aliphatic heterocycles. The first-order chi connectivity index (χ1) is 18.0. The van der Waals surface area contributed by atoms with Crippen LogP contribution in [0.4, 0.5) is 0 Å². The number of aryl methyl sites for hydroxylation is 1. The minimum atomic E-state index is -0.397. The Morgan fingerprint density at radius 1 is 1.03 bits per heavy atom. The zero-order valence-corrected chi connectivity index (χ0v) is 21.6. The maximum atomic E-state index is 11.6. The van der Waals surface area contributed by atoms with E-state index in [0.717, 1.165) is 29.8 Å². The molecule has 0 saturated carbocycles. The molecule has 3 atom stereocenters. The monoisotopic (exact) mass is 495 g/mol. The van der Waals surface area contributed by atoms with Crippen LogP contribution in [0.1, 0.15) is 47.6 Å². The highest BCUT2D eigenvalue weighted by Gasteiger charge is 2.30. The van der Waals surface area contributed by atoms with E-state index in [9.17, 15) is 4.79 Å². The zero-order chi connectivity index (χ0) is 25.8. The lowest BCUT2D eigenvalue weighted by Crippen LogP contribution is -2.37. The molecule has 0 amide bonds. The van der Waals surface area contributed by atoms with Crippen molar-refractivity contribution in [1.29, 1.82) is 0 Å². The SMILES string of the molecule is COC(=O)COc1cc(C)cc([C@@H]2C[C@H](CNC(C)c3cccc4ccccc34)Oc3ccccc32)c1. The van der Waals surface area contributed by atoms with Crippen LogP contribution in [-0.4, -0.2) is 32.3 Å². The summed E-state index contributed by atoms with van der Waals surface area (Å²) in [6.07, 6.45) is 0.851. The number of ether oxygens (including phenoxy) is 3. The first-order valence-electron chi connectivity index (χ1n) is 12.8. The van der Waals surface area contributed by atoms with Crippen molar-refractivity contribution in [1.82, 2.24) is 5.32 Å². The molecule has 5 nitrogen and oxygen atoms in total. The number of carbonyl (C=O) groups is 1. The van der Waals surface area contributed by atoms with Crippen LogP contribution < -0.4 is 14.8 Å². The number of carbonyl (C=O) groups excluding carboxylic acids is 1. The van der Waals surface area contributed by atoms with Gasteiger partial charge in [0.25, 0.3) is 0 Å². The second kappa shape index (κ2) is 11.1. The van der Waals surface area contributed by atoms with Crippen molar-refractivity contribution in [2.45, 2.75) is 38.3 Å². The Labute approximate surface area is 218 Å². The largest absolute Gasteiger partial charge is 0.489 e. The number of nitrogens with one attached hydrogen (secondary N) is 1. The molecule has 37 heavy (non-hydrogen) atoms. The second-order valence-corrected chi connectivity index (χ2v) is 9.71. The van der Waals surface area contributed by atoms with E-state index in [1.54, 1.807) is 0 Å². The topological polar surface area (TPSA) is 56.8 Å². The third-order valence-corrected chi connectivity index (χ3v) is 7.09. The minimum absolute atomic E-state index is 0.0114. The van der Waals surface area contributed by atoms with Gasteiger partial charge in [-0.05, 0) is 65.9 Å². The Hall–Kier alpha value is -3.83. The highest BCUT2D eigenvalue weighted by Crippen LogP contribution is 2.41. The van der Waals surface area contributed by atoms with Crippen LogP contribution >= 0.6 is 0 Å². The number of para-hydroxylation sites is 1. The molecule has 190 valence electrons.